The van der Waals surface area contributed by atoms with Gasteiger partial charge in [0.15, 0.2) is 0 Å². The molecule has 2 aromatic heterocycles. The number of fused-ring (bicyclic) bond motifs is 1. The summed E-state index contributed by atoms with van der Waals surface area (Å²) in [6.07, 6.45) is 4.73. The highest BCUT2D eigenvalue weighted by Gasteiger charge is 2.22. The van der Waals surface area contributed by atoms with Gasteiger partial charge in [-0.3, -0.25) is 4.79 Å². The Hall–Kier alpha value is -1.88. The molecule has 1 aliphatic heterocycles. The minimum absolute atomic E-state index is 0.0517. The largest absolute Gasteiger partial charge is 0.381 e. The second kappa shape index (κ2) is 7.13. The van der Waals surface area contributed by atoms with Crippen LogP contribution in [0.3, 0.4) is 0 Å². The number of rotatable bonds is 5. The third kappa shape index (κ3) is 3.55. The van der Waals surface area contributed by atoms with Gasteiger partial charge in [-0.2, -0.15) is 0 Å². The molecule has 0 saturated carbocycles. The van der Waals surface area contributed by atoms with Crippen LogP contribution in [0.2, 0.25) is 0 Å². The molecule has 0 aliphatic carbocycles. The van der Waals surface area contributed by atoms with Crippen molar-refractivity contribution in [1.29, 1.82) is 0 Å². The average Bonchev–Trinajstić information content (AvgIpc) is 2.94. The normalized spacial score (nSPS) is 17.3. The second-order valence-corrected chi connectivity index (χ2v) is 6.34. The number of ether oxygens (including phenoxy) is 1. The lowest BCUT2D eigenvalue weighted by Gasteiger charge is -2.24. The molecule has 3 heterocycles. The van der Waals surface area contributed by atoms with Crippen LogP contribution in [0.15, 0.2) is 24.4 Å². The Bertz CT molecular complexity index is 674. The van der Waals surface area contributed by atoms with Gasteiger partial charge in [0, 0.05) is 42.5 Å². The van der Waals surface area contributed by atoms with Crippen LogP contribution >= 0.6 is 0 Å². The fourth-order valence-corrected chi connectivity index (χ4v) is 3.17. The number of nitrogens with one attached hydrogen (secondary N) is 1. The van der Waals surface area contributed by atoms with Gasteiger partial charge in [-0.25, -0.2) is 4.98 Å². The Morgan fingerprint density at radius 1 is 1.48 bits per heavy atom. The van der Waals surface area contributed by atoms with Crippen LogP contribution in [0.1, 0.15) is 44.7 Å². The summed E-state index contributed by atoms with van der Waals surface area (Å²) in [4.78, 5) is 16.9. The maximum absolute atomic E-state index is 12.4. The smallest absolute Gasteiger partial charge is 0.240 e. The van der Waals surface area contributed by atoms with Gasteiger partial charge in [0.2, 0.25) is 5.91 Å². The van der Waals surface area contributed by atoms with Crippen molar-refractivity contribution in [2.75, 3.05) is 13.2 Å². The Morgan fingerprint density at radius 2 is 2.26 bits per heavy atom. The monoisotopic (exact) mass is 315 g/mol. The zero-order valence-electron chi connectivity index (χ0n) is 13.9. The SMILES string of the molecule is CC[C@H](C)NC(=O)Cn1c(C2CCOCC2)cc2cccnc21. The fourth-order valence-electron chi connectivity index (χ4n) is 3.17. The van der Waals surface area contributed by atoms with Crippen molar-refractivity contribution in [2.45, 2.75) is 51.6 Å². The van der Waals surface area contributed by atoms with Gasteiger partial charge in [-0.05, 0) is 44.4 Å². The Morgan fingerprint density at radius 3 is 3.00 bits per heavy atom. The first-order valence-electron chi connectivity index (χ1n) is 8.50. The van der Waals surface area contributed by atoms with Gasteiger partial charge in [0.05, 0.1) is 0 Å². The molecule has 124 valence electrons. The molecule has 1 saturated heterocycles. The lowest BCUT2D eigenvalue weighted by Crippen LogP contribution is -2.35. The highest BCUT2D eigenvalue weighted by molar-refractivity contribution is 5.82. The second-order valence-electron chi connectivity index (χ2n) is 6.34. The third-order valence-corrected chi connectivity index (χ3v) is 4.65. The number of carbonyl (C=O) groups is 1. The first-order chi connectivity index (χ1) is 11.2. The first kappa shape index (κ1) is 16.0. The summed E-state index contributed by atoms with van der Waals surface area (Å²) in [6.45, 7) is 6.02. The number of carbonyl (C=O) groups excluding carboxylic acids is 1. The molecule has 5 heteroatoms. The molecule has 5 nitrogen and oxygen atoms in total. The molecule has 2 aromatic rings. The van der Waals surface area contributed by atoms with Gasteiger partial charge in [0.25, 0.3) is 0 Å². The number of hydrogen-bond donors (Lipinski definition) is 1. The molecular formula is C18H25N3O2. The van der Waals surface area contributed by atoms with Gasteiger partial charge >= 0.3 is 0 Å². The number of pyridine rings is 1. The lowest BCUT2D eigenvalue weighted by atomic mass is 9.96. The summed E-state index contributed by atoms with van der Waals surface area (Å²) in [5.74, 6) is 0.491. The molecule has 0 aromatic carbocycles. The predicted molar refractivity (Wildman–Crippen MR) is 90.4 cm³/mol. The lowest BCUT2D eigenvalue weighted by molar-refractivity contribution is -0.122. The minimum atomic E-state index is 0.0517. The van der Waals surface area contributed by atoms with Crippen molar-refractivity contribution in [1.82, 2.24) is 14.9 Å². The van der Waals surface area contributed by atoms with E-state index in [9.17, 15) is 4.79 Å². The number of amides is 1. The highest BCUT2D eigenvalue weighted by Crippen LogP contribution is 2.31. The molecule has 1 fully saturated rings. The van der Waals surface area contributed by atoms with E-state index < -0.39 is 0 Å². The van der Waals surface area contributed by atoms with Crippen LogP contribution < -0.4 is 5.32 Å². The summed E-state index contributed by atoms with van der Waals surface area (Å²) in [7, 11) is 0. The van der Waals surface area contributed by atoms with E-state index >= 15 is 0 Å². The average molecular weight is 315 g/mol. The molecule has 1 aliphatic rings. The highest BCUT2D eigenvalue weighted by atomic mass is 16.5. The first-order valence-corrected chi connectivity index (χ1v) is 8.50. The van der Waals surface area contributed by atoms with E-state index in [4.69, 9.17) is 4.74 Å². The molecule has 0 radical (unpaired) electrons. The van der Waals surface area contributed by atoms with Crippen LogP contribution in [0, 0.1) is 0 Å². The molecule has 3 rings (SSSR count). The topological polar surface area (TPSA) is 56.2 Å². The van der Waals surface area contributed by atoms with Gasteiger partial charge in [0.1, 0.15) is 12.2 Å². The van der Waals surface area contributed by atoms with E-state index in [1.807, 2.05) is 13.0 Å². The Kier molecular flexibility index (Phi) is 4.96. The predicted octanol–water partition coefficient (Wildman–Crippen LogP) is 2.85. The number of hydrogen-bond acceptors (Lipinski definition) is 3. The van der Waals surface area contributed by atoms with Gasteiger partial charge in [-0.15, -0.1) is 0 Å². The molecular weight excluding hydrogens is 290 g/mol. The van der Waals surface area contributed by atoms with Gasteiger partial charge in [-0.1, -0.05) is 6.92 Å². The zero-order valence-corrected chi connectivity index (χ0v) is 13.9. The van der Waals surface area contributed by atoms with E-state index in [1.165, 1.54) is 5.69 Å². The van der Waals surface area contributed by atoms with E-state index in [-0.39, 0.29) is 11.9 Å². The summed E-state index contributed by atoms with van der Waals surface area (Å²) >= 11 is 0. The summed E-state index contributed by atoms with van der Waals surface area (Å²) in [6, 6.07) is 6.40. The van der Waals surface area contributed by atoms with Crippen molar-refractivity contribution < 1.29 is 9.53 Å². The van der Waals surface area contributed by atoms with Crippen LogP contribution in [-0.2, 0) is 16.1 Å². The van der Waals surface area contributed by atoms with Crippen molar-refractivity contribution in [2.24, 2.45) is 0 Å². The van der Waals surface area contributed by atoms with Crippen molar-refractivity contribution in [3.05, 3.63) is 30.1 Å². The van der Waals surface area contributed by atoms with E-state index in [2.05, 4.69) is 33.9 Å². The summed E-state index contributed by atoms with van der Waals surface area (Å²) in [5, 5.41) is 4.15. The standard InChI is InChI=1S/C18H25N3O2/c1-3-13(2)20-17(22)12-21-16(14-6-9-23-10-7-14)11-15-5-4-8-19-18(15)21/h4-5,8,11,13-14H,3,6-7,9-10,12H2,1-2H3,(H,20,22)/t13-/m0/s1. The van der Waals surface area contributed by atoms with E-state index in [0.717, 1.165) is 43.5 Å². The maximum Gasteiger partial charge on any atom is 0.240 e. The third-order valence-electron chi connectivity index (χ3n) is 4.65. The van der Waals surface area contributed by atoms with Crippen molar-refractivity contribution >= 4 is 16.9 Å². The van der Waals surface area contributed by atoms with E-state index in [1.54, 1.807) is 6.20 Å². The quantitative estimate of drug-likeness (QED) is 0.923. The fraction of sp³-hybridized carbons (Fsp3) is 0.556. The Balaban J connectivity index is 1.91. The zero-order chi connectivity index (χ0) is 16.2. The van der Waals surface area contributed by atoms with Gasteiger partial charge < -0.3 is 14.6 Å². The molecule has 1 amide bonds. The maximum atomic E-state index is 12.4. The number of nitrogens with zero attached hydrogens (tertiary/aromatic N) is 2. The van der Waals surface area contributed by atoms with E-state index in [0.29, 0.717) is 12.5 Å². The molecule has 1 atom stereocenters. The molecule has 0 bridgehead atoms. The Labute approximate surface area is 137 Å². The van der Waals surface area contributed by atoms with Crippen LogP contribution in [-0.4, -0.2) is 34.7 Å². The van der Waals surface area contributed by atoms with Crippen molar-refractivity contribution in [3.63, 3.8) is 0 Å². The minimum Gasteiger partial charge on any atom is -0.381 e. The summed E-state index contributed by atoms with van der Waals surface area (Å²) < 4.78 is 7.57. The van der Waals surface area contributed by atoms with Crippen LogP contribution in [0.4, 0.5) is 0 Å². The molecule has 0 unspecified atom stereocenters. The molecule has 0 spiro atoms. The molecule has 1 N–H and O–H groups in total. The van der Waals surface area contributed by atoms with Crippen LogP contribution in [0.25, 0.3) is 11.0 Å². The van der Waals surface area contributed by atoms with Crippen molar-refractivity contribution in [3.8, 4) is 0 Å². The molecule has 23 heavy (non-hydrogen) atoms. The summed E-state index contributed by atoms with van der Waals surface area (Å²) in [5.41, 5.74) is 2.11. The number of aromatic nitrogens is 2. The van der Waals surface area contributed by atoms with Crippen LogP contribution in [0.5, 0.6) is 0 Å².